The Labute approximate surface area is 117 Å². The Balaban J connectivity index is 4.89. The van der Waals surface area contributed by atoms with Crippen LogP contribution in [0.2, 0.25) is 15.8 Å². The van der Waals surface area contributed by atoms with Gasteiger partial charge in [0.05, 0.1) is 0 Å². The second-order valence-electron chi connectivity index (χ2n) is 5.46. The van der Waals surface area contributed by atoms with Crippen molar-refractivity contribution in [1.29, 1.82) is 0 Å². The second-order valence-corrected chi connectivity index (χ2v) is 15.0. The number of carbonyl (C=O) groups excluding carboxylic acids is 1. The average molecular weight is 313 g/mol. The van der Waals surface area contributed by atoms with Gasteiger partial charge in [0.1, 0.15) is 0 Å². The summed E-state index contributed by atoms with van der Waals surface area (Å²) in [5.41, 5.74) is 0. The summed E-state index contributed by atoms with van der Waals surface area (Å²) in [5, 5.41) is 3.79. The summed E-state index contributed by atoms with van der Waals surface area (Å²) in [7, 11) is 0. The molecule has 0 N–H and O–H groups in total. The van der Waals surface area contributed by atoms with Crippen LogP contribution in [-0.2, 0) is 4.79 Å². The van der Waals surface area contributed by atoms with Crippen LogP contribution in [0.4, 0.5) is 0 Å². The van der Waals surface area contributed by atoms with Gasteiger partial charge in [-0.15, -0.1) is 0 Å². The summed E-state index contributed by atoms with van der Waals surface area (Å²) < 4.78 is 0.563. The third kappa shape index (κ3) is 6.22. The van der Waals surface area contributed by atoms with Crippen molar-refractivity contribution in [2.45, 2.75) is 82.0 Å². The van der Waals surface area contributed by atoms with Crippen molar-refractivity contribution in [2.24, 2.45) is 0 Å². The number of hydrogen-bond donors (Lipinski definition) is 0. The van der Waals surface area contributed by atoms with E-state index in [0.29, 0.717) is 4.62 Å². The van der Waals surface area contributed by atoms with Gasteiger partial charge in [-0.1, -0.05) is 0 Å². The normalized spacial score (nSPS) is 12.2. The van der Waals surface area contributed by atoms with Gasteiger partial charge in [-0.25, -0.2) is 0 Å². The van der Waals surface area contributed by atoms with E-state index in [4.69, 9.17) is 0 Å². The zero-order chi connectivity index (χ0) is 13.9. The van der Waals surface area contributed by atoms with E-state index in [9.17, 15) is 4.79 Å². The van der Waals surface area contributed by atoms with Crippen molar-refractivity contribution in [2.75, 3.05) is 0 Å². The summed E-state index contributed by atoms with van der Waals surface area (Å²) in [4.78, 5) is 12.6. The van der Waals surface area contributed by atoms with E-state index >= 15 is 0 Å². The van der Waals surface area contributed by atoms with Gasteiger partial charge in [-0.05, 0) is 0 Å². The van der Waals surface area contributed by atoms with Crippen molar-refractivity contribution in [3.63, 3.8) is 0 Å². The van der Waals surface area contributed by atoms with Crippen molar-refractivity contribution in [1.82, 2.24) is 0 Å². The number of hydrogen-bond acceptors (Lipinski definition) is 1. The molecule has 0 unspecified atom stereocenters. The van der Waals surface area contributed by atoms with Crippen LogP contribution in [0.15, 0.2) is 12.2 Å². The van der Waals surface area contributed by atoms with Gasteiger partial charge < -0.3 is 0 Å². The Morgan fingerprint density at radius 1 is 0.889 bits per heavy atom. The first-order valence-corrected chi connectivity index (χ1v) is 13.3. The molecule has 0 heterocycles. The molecule has 1 nitrogen and oxygen atoms in total. The maximum atomic E-state index is 12.6. The molecule has 0 aromatic rings. The molecule has 0 saturated heterocycles. The maximum absolute atomic E-state index is 12.6. The summed E-state index contributed by atoms with van der Waals surface area (Å²) >= 11 is -2.29. The van der Waals surface area contributed by atoms with Crippen molar-refractivity contribution < 1.29 is 4.79 Å². The number of unbranched alkanes of at least 4 members (excludes halogenated alkanes) is 3. The fourth-order valence-corrected chi connectivity index (χ4v) is 13.3. The fraction of sp³-hybridized carbons (Fsp3) is 0.812. The first kappa shape index (κ1) is 18.0. The molecule has 0 aliphatic carbocycles. The standard InChI is InChI=1S/C16H32GeO/c1-5-9-13-17(14-10-6-2,15-11-7-3)16(18)12-8-4/h8,12H,5-7,9-11,13-15H2,1-4H3/b12-8+. The van der Waals surface area contributed by atoms with Crippen LogP contribution >= 0.6 is 0 Å². The van der Waals surface area contributed by atoms with Gasteiger partial charge in [0.2, 0.25) is 0 Å². The van der Waals surface area contributed by atoms with Crippen molar-refractivity contribution in [3.05, 3.63) is 12.2 Å². The zero-order valence-corrected chi connectivity index (χ0v) is 15.0. The van der Waals surface area contributed by atoms with Crippen molar-refractivity contribution >= 4 is 17.9 Å². The Morgan fingerprint density at radius 3 is 1.56 bits per heavy atom. The predicted molar refractivity (Wildman–Crippen MR) is 84.7 cm³/mol. The van der Waals surface area contributed by atoms with E-state index in [0.717, 1.165) is 0 Å². The molecule has 0 saturated carbocycles. The van der Waals surface area contributed by atoms with E-state index in [1.165, 1.54) is 54.3 Å². The predicted octanol–water partition coefficient (Wildman–Crippen LogP) is 5.52. The first-order valence-electron chi connectivity index (χ1n) is 7.84. The second kappa shape index (κ2) is 10.8. The molecule has 0 aliphatic heterocycles. The van der Waals surface area contributed by atoms with Gasteiger partial charge in [0.25, 0.3) is 0 Å². The van der Waals surface area contributed by atoms with E-state index in [1.807, 2.05) is 19.1 Å². The Kier molecular flexibility index (Phi) is 10.8. The van der Waals surface area contributed by atoms with Crippen LogP contribution in [0.1, 0.15) is 66.2 Å². The fourth-order valence-electron chi connectivity index (χ4n) is 2.62. The van der Waals surface area contributed by atoms with Crippen LogP contribution in [0.3, 0.4) is 0 Å². The Hall–Kier alpha value is -0.0471. The molecular formula is C16H32GeO. The van der Waals surface area contributed by atoms with Crippen molar-refractivity contribution in [3.8, 4) is 0 Å². The van der Waals surface area contributed by atoms with Gasteiger partial charge in [0, 0.05) is 0 Å². The van der Waals surface area contributed by atoms with Crippen LogP contribution in [0.5, 0.6) is 0 Å². The molecular weight excluding hydrogens is 281 g/mol. The summed E-state index contributed by atoms with van der Waals surface area (Å²) in [6.07, 6.45) is 11.3. The number of allylic oxidation sites excluding steroid dienone is 2. The molecule has 18 heavy (non-hydrogen) atoms. The molecule has 0 amide bonds. The Bertz CT molecular complexity index is 224. The molecule has 0 aromatic carbocycles. The van der Waals surface area contributed by atoms with E-state index in [-0.39, 0.29) is 0 Å². The molecule has 0 bridgehead atoms. The molecule has 106 valence electrons. The van der Waals surface area contributed by atoms with Crippen LogP contribution < -0.4 is 0 Å². The molecule has 0 fully saturated rings. The molecule has 0 rings (SSSR count). The van der Waals surface area contributed by atoms with Gasteiger partial charge in [-0.2, -0.15) is 0 Å². The van der Waals surface area contributed by atoms with Crippen LogP contribution in [0, 0.1) is 0 Å². The summed E-state index contributed by atoms with van der Waals surface area (Å²) in [6.45, 7) is 8.71. The molecule has 0 atom stereocenters. The van der Waals surface area contributed by atoms with Gasteiger partial charge in [0.15, 0.2) is 0 Å². The summed E-state index contributed by atoms with van der Waals surface area (Å²) in [5.74, 6) is 0. The van der Waals surface area contributed by atoms with E-state index < -0.39 is 13.3 Å². The van der Waals surface area contributed by atoms with Gasteiger partial charge in [-0.3, -0.25) is 0 Å². The van der Waals surface area contributed by atoms with Crippen LogP contribution in [-0.4, -0.2) is 17.9 Å². The Morgan fingerprint density at radius 2 is 1.28 bits per heavy atom. The molecule has 0 spiro atoms. The quantitative estimate of drug-likeness (QED) is 0.362. The summed E-state index contributed by atoms with van der Waals surface area (Å²) in [6, 6.07) is 0. The minimum atomic E-state index is -2.29. The monoisotopic (exact) mass is 314 g/mol. The molecule has 2 heteroatoms. The number of rotatable bonds is 11. The zero-order valence-electron chi connectivity index (χ0n) is 12.9. The van der Waals surface area contributed by atoms with E-state index in [2.05, 4.69) is 20.8 Å². The first-order chi connectivity index (χ1) is 8.66. The average Bonchev–Trinajstić information content (AvgIpc) is 2.38. The molecule has 0 aromatic heterocycles. The SMILES string of the molecule is C/C=C/[C](=O)[Ge]([CH2]CCC)([CH2]CCC)[CH2]CCC. The van der Waals surface area contributed by atoms with Gasteiger partial charge >= 0.3 is 117 Å². The van der Waals surface area contributed by atoms with Crippen LogP contribution in [0.25, 0.3) is 0 Å². The minimum absolute atomic E-state index is 0.563. The third-order valence-electron chi connectivity index (χ3n) is 3.87. The molecule has 0 radical (unpaired) electrons. The third-order valence-corrected chi connectivity index (χ3v) is 14.7. The van der Waals surface area contributed by atoms with E-state index in [1.54, 1.807) is 0 Å². The number of carbonyl (C=O) groups is 1. The topological polar surface area (TPSA) is 17.1 Å². The molecule has 0 aliphatic rings.